The van der Waals surface area contributed by atoms with E-state index in [-0.39, 0.29) is 12.6 Å². The number of rotatable bonds is 7. The molecular formula is C12H21N3O2. The van der Waals surface area contributed by atoms with Gasteiger partial charge >= 0.3 is 0 Å². The minimum Gasteiger partial charge on any atom is -0.390 e. The highest BCUT2D eigenvalue weighted by molar-refractivity contribution is 5.12. The second kappa shape index (κ2) is 5.60. The van der Waals surface area contributed by atoms with Crippen molar-refractivity contribution in [1.29, 1.82) is 0 Å². The number of methoxy groups -OCH3 is 1. The van der Waals surface area contributed by atoms with Crippen LogP contribution >= 0.6 is 0 Å². The molecule has 17 heavy (non-hydrogen) atoms. The molecule has 0 bridgehead atoms. The average Bonchev–Trinajstić information content (AvgIpc) is 3.05. The summed E-state index contributed by atoms with van der Waals surface area (Å²) in [6, 6.07) is 0.275. The molecule has 1 aliphatic carbocycles. The number of ether oxygens (including phenoxy) is 1. The molecule has 5 nitrogen and oxygen atoms in total. The van der Waals surface area contributed by atoms with E-state index in [0.717, 1.165) is 36.8 Å². The summed E-state index contributed by atoms with van der Waals surface area (Å²) in [5.74, 6) is 0.771. The van der Waals surface area contributed by atoms with Gasteiger partial charge in [0.05, 0.1) is 18.3 Å². The summed E-state index contributed by atoms with van der Waals surface area (Å²) in [5.41, 5.74) is 1.85. The van der Waals surface area contributed by atoms with Crippen LogP contribution in [0, 0.1) is 5.92 Å². The van der Waals surface area contributed by atoms with Crippen molar-refractivity contribution in [3.8, 4) is 0 Å². The summed E-state index contributed by atoms with van der Waals surface area (Å²) in [6.45, 7) is 2.82. The lowest BCUT2D eigenvalue weighted by Gasteiger charge is -2.14. The van der Waals surface area contributed by atoms with Gasteiger partial charge in [-0.15, -0.1) is 5.10 Å². The number of hydrogen-bond acceptors (Lipinski definition) is 4. The lowest BCUT2D eigenvalue weighted by Crippen LogP contribution is -2.14. The summed E-state index contributed by atoms with van der Waals surface area (Å²) >= 11 is 0. The van der Waals surface area contributed by atoms with Crippen LogP contribution < -0.4 is 0 Å². The zero-order chi connectivity index (χ0) is 12.3. The summed E-state index contributed by atoms with van der Waals surface area (Å²) in [4.78, 5) is 0. The van der Waals surface area contributed by atoms with Crippen LogP contribution in [-0.4, -0.2) is 33.8 Å². The molecule has 96 valence electrons. The standard InChI is InChI=1S/C12H21N3O2/c1-9(5-6-17-2)15-12(7-10-3-4-10)11(8-16)13-14-15/h9-10,16H,3-8H2,1-2H3. The smallest absolute Gasteiger partial charge is 0.111 e. The molecule has 2 rings (SSSR count). The van der Waals surface area contributed by atoms with Crippen LogP contribution in [-0.2, 0) is 17.8 Å². The fourth-order valence-corrected chi connectivity index (χ4v) is 2.04. The zero-order valence-corrected chi connectivity index (χ0v) is 10.6. The maximum absolute atomic E-state index is 9.28. The third-order valence-electron chi connectivity index (χ3n) is 3.36. The summed E-state index contributed by atoms with van der Waals surface area (Å²) in [7, 11) is 1.71. The molecule has 1 atom stereocenters. The van der Waals surface area contributed by atoms with Crippen LogP contribution in [0.1, 0.15) is 43.6 Å². The van der Waals surface area contributed by atoms with E-state index in [9.17, 15) is 5.11 Å². The van der Waals surface area contributed by atoms with Gasteiger partial charge in [0.1, 0.15) is 5.69 Å². The number of aliphatic hydroxyl groups excluding tert-OH is 1. The van der Waals surface area contributed by atoms with Crippen molar-refractivity contribution < 1.29 is 9.84 Å². The third kappa shape index (κ3) is 3.04. The van der Waals surface area contributed by atoms with E-state index in [4.69, 9.17) is 4.74 Å². The fourth-order valence-electron chi connectivity index (χ4n) is 2.04. The maximum Gasteiger partial charge on any atom is 0.111 e. The lowest BCUT2D eigenvalue weighted by molar-refractivity contribution is 0.177. The second-order valence-corrected chi connectivity index (χ2v) is 4.86. The van der Waals surface area contributed by atoms with Gasteiger partial charge in [-0.3, -0.25) is 0 Å². The maximum atomic E-state index is 9.28. The first kappa shape index (κ1) is 12.5. The van der Waals surface area contributed by atoms with Gasteiger partial charge in [0, 0.05) is 13.7 Å². The molecule has 1 unspecified atom stereocenters. The van der Waals surface area contributed by atoms with Gasteiger partial charge in [0.15, 0.2) is 0 Å². The quantitative estimate of drug-likeness (QED) is 0.779. The topological polar surface area (TPSA) is 60.2 Å². The molecule has 1 aliphatic rings. The van der Waals surface area contributed by atoms with Crippen LogP contribution in [0.5, 0.6) is 0 Å². The molecule has 5 heteroatoms. The first-order chi connectivity index (χ1) is 8.26. The minimum atomic E-state index is -0.0148. The van der Waals surface area contributed by atoms with Crippen molar-refractivity contribution >= 4 is 0 Å². The van der Waals surface area contributed by atoms with E-state index in [1.165, 1.54) is 12.8 Å². The Morgan fingerprint density at radius 2 is 2.29 bits per heavy atom. The van der Waals surface area contributed by atoms with Gasteiger partial charge in [-0.1, -0.05) is 5.21 Å². The monoisotopic (exact) mass is 239 g/mol. The van der Waals surface area contributed by atoms with E-state index in [2.05, 4.69) is 17.2 Å². The highest BCUT2D eigenvalue weighted by Crippen LogP contribution is 2.33. The molecular weight excluding hydrogens is 218 g/mol. The Kier molecular flexibility index (Phi) is 4.12. The largest absolute Gasteiger partial charge is 0.390 e. The first-order valence-electron chi connectivity index (χ1n) is 6.29. The van der Waals surface area contributed by atoms with Gasteiger partial charge in [-0.25, -0.2) is 4.68 Å². The van der Waals surface area contributed by atoms with Crippen LogP contribution in [0.3, 0.4) is 0 Å². The Balaban J connectivity index is 2.10. The van der Waals surface area contributed by atoms with E-state index < -0.39 is 0 Å². The van der Waals surface area contributed by atoms with E-state index in [0.29, 0.717) is 0 Å². The molecule has 0 radical (unpaired) electrons. The first-order valence-corrected chi connectivity index (χ1v) is 6.29. The van der Waals surface area contributed by atoms with E-state index in [1.807, 2.05) is 4.68 Å². The average molecular weight is 239 g/mol. The van der Waals surface area contributed by atoms with Crippen molar-refractivity contribution in [3.05, 3.63) is 11.4 Å². The molecule has 0 aromatic carbocycles. The van der Waals surface area contributed by atoms with Crippen LogP contribution in [0.2, 0.25) is 0 Å². The summed E-state index contributed by atoms with van der Waals surface area (Å²) in [6.07, 6.45) is 4.51. The Hall–Kier alpha value is -0.940. The minimum absolute atomic E-state index is 0.0148. The van der Waals surface area contributed by atoms with Crippen LogP contribution in [0.25, 0.3) is 0 Å². The molecule has 0 saturated heterocycles. The number of aliphatic hydroxyl groups is 1. The third-order valence-corrected chi connectivity index (χ3v) is 3.36. The van der Waals surface area contributed by atoms with Crippen LogP contribution in [0.4, 0.5) is 0 Å². The van der Waals surface area contributed by atoms with Gasteiger partial charge in [-0.2, -0.15) is 0 Å². The normalized spacial score (nSPS) is 17.4. The number of nitrogens with zero attached hydrogens (tertiary/aromatic N) is 3. The second-order valence-electron chi connectivity index (χ2n) is 4.86. The molecule has 1 aromatic rings. The molecule has 1 N–H and O–H groups in total. The molecule has 1 fully saturated rings. The predicted molar refractivity (Wildman–Crippen MR) is 63.6 cm³/mol. The number of aromatic nitrogens is 3. The SMILES string of the molecule is COCCC(C)n1nnc(CO)c1CC1CC1. The number of hydrogen-bond donors (Lipinski definition) is 1. The molecule has 1 heterocycles. The fraction of sp³-hybridized carbons (Fsp3) is 0.833. The van der Waals surface area contributed by atoms with Crippen molar-refractivity contribution in [2.75, 3.05) is 13.7 Å². The Bertz CT molecular complexity index is 361. The summed E-state index contributed by atoms with van der Waals surface area (Å²) in [5, 5.41) is 17.5. The van der Waals surface area contributed by atoms with Gasteiger partial charge in [0.2, 0.25) is 0 Å². The van der Waals surface area contributed by atoms with E-state index in [1.54, 1.807) is 7.11 Å². The molecule has 0 spiro atoms. The van der Waals surface area contributed by atoms with Crippen LogP contribution in [0.15, 0.2) is 0 Å². The van der Waals surface area contributed by atoms with Gasteiger partial charge in [-0.05, 0) is 38.5 Å². The van der Waals surface area contributed by atoms with Crippen molar-refractivity contribution in [1.82, 2.24) is 15.0 Å². The van der Waals surface area contributed by atoms with E-state index >= 15 is 0 Å². The highest BCUT2D eigenvalue weighted by atomic mass is 16.5. The Morgan fingerprint density at radius 1 is 1.53 bits per heavy atom. The highest BCUT2D eigenvalue weighted by Gasteiger charge is 2.26. The van der Waals surface area contributed by atoms with Crippen molar-refractivity contribution in [3.63, 3.8) is 0 Å². The van der Waals surface area contributed by atoms with Gasteiger partial charge in [0.25, 0.3) is 0 Å². The Labute approximate surface area is 102 Å². The molecule has 1 aromatic heterocycles. The molecule has 0 amide bonds. The zero-order valence-electron chi connectivity index (χ0n) is 10.6. The Morgan fingerprint density at radius 3 is 2.88 bits per heavy atom. The van der Waals surface area contributed by atoms with Crippen molar-refractivity contribution in [2.45, 2.75) is 45.3 Å². The molecule has 0 aliphatic heterocycles. The summed E-state index contributed by atoms with van der Waals surface area (Å²) < 4.78 is 7.05. The lowest BCUT2D eigenvalue weighted by atomic mass is 10.1. The van der Waals surface area contributed by atoms with Gasteiger partial charge < -0.3 is 9.84 Å². The molecule has 1 saturated carbocycles. The predicted octanol–water partition coefficient (Wildman–Crippen LogP) is 1.32. The van der Waals surface area contributed by atoms with Crippen molar-refractivity contribution in [2.24, 2.45) is 5.92 Å².